The molecule has 0 unspecified atom stereocenters. The first-order valence-electron chi connectivity index (χ1n) is 8.21. The third kappa shape index (κ3) is 5.24. The smallest absolute Gasteiger partial charge is 0.277 e. The molecular weight excluding hydrogens is 386 g/mol. The Hall–Kier alpha value is -2.51. The third-order valence-corrected chi connectivity index (χ3v) is 4.97. The Labute approximate surface area is 166 Å². The number of hydrogen-bond donors (Lipinski definition) is 1. The number of rotatable bonds is 7. The van der Waals surface area contributed by atoms with Gasteiger partial charge in [-0.3, -0.25) is 4.79 Å². The molecule has 1 amide bonds. The van der Waals surface area contributed by atoms with E-state index in [0.717, 1.165) is 16.8 Å². The molecular formula is C19H18ClN3O3S. The van der Waals surface area contributed by atoms with Crippen LogP contribution in [0.4, 0.5) is 5.69 Å². The molecule has 0 aliphatic carbocycles. The van der Waals surface area contributed by atoms with Crippen LogP contribution in [0.3, 0.4) is 0 Å². The van der Waals surface area contributed by atoms with Crippen LogP contribution in [0.5, 0.6) is 5.75 Å². The van der Waals surface area contributed by atoms with Crippen LogP contribution in [0, 0.1) is 13.8 Å². The van der Waals surface area contributed by atoms with Crippen LogP contribution in [-0.2, 0) is 11.4 Å². The Balaban J connectivity index is 1.50. The van der Waals surface area contributed by atoms with Gasteiger partial charge in [0.2, 0.25) is 5.91 Å². The Kier molecular flexibility index (Phi) is 6.36. The second kappa shape index (κ2) is 8.92. The summed E-state index contributed by atoms with van der Waals surface area (Å²) < 4.78 is 11.0. The Morgan fingerprint density at radius 2 is 2.00 bits per heavy atom. The van der Waals surface area contributed by atoms with Gasteiger partial charge in [-0.1, -0.05) is 47.6 Å². The predicted molar refractivity (Wildman–Crippen MR) is 105 cm³/mol. The minimum atomic E-state index is -0.138. The number of aromatic nitrogens is 2. The number of nitrogens with one attached hydrogen (secondary N) is 1. The molecule has 0 radical (unpaired) electrons. The van der Waals surface area contributed by atoms with Crippen molar-refractivity contribution in [2.75, 3.05) is 11.1 Å². The third-order valence-electron chi connectivity index (χ3n) is 3.84. The molecule has 0 aliphatic heterocycles. The van der Waals surface area contributed by atoms with Crippen LogP contribution < -0.4 is 10.1 Å². The number of aryl methyl sites for hydroxylation is 1. The van der Waals surface area contributed by atoms with Gasteiger partial charge in [-0.15, -0.1) is 10.2 Å². The maximum absolute atomic E-state index is 12.1. The standard InChI is InChI=1S/C19H18ClN3O3S/c1-12-6-5-8-15(13(12)2)21-17(24)11-27-19-23-22-18(26-19)10-25-16-9-4-3-7-14(16)20/h3-9H,10-11H2,1-2H3,(H,21,24). The summed E-state index contributed by atoms with van der Waals surface area (Å²) in [5, 5.41) is 11.5. The van der Waals surface area contributed by atoms with Gasteiger partial charge in [0.05, 0.1) is 10.8 Å². The van der Waals surface area contributed by atoms with Crippen molar-refractivity contribution >= 4 is 35.0 Å². The van der Waals surface area contributed by atoms with Crippen molar-refractivity contribution in [1.29, 1.82) is 0 Å². The van der Waals surface area contributed by atoms with E-state index in [9.17, 15) is 4.79 Å². The molecule has 1 N–H and O–H groups in total. The van der Waals surface area contributed by atoms with E-state index in [1.165, 1.54) is 11.8 Å². The van der Waals surface area contributed by atoms with Crippen molar-refractivity contribution in [1.82, 2.24) is 10.2 Å². The molecule has 0 fully saturated rings. The molecule has 0 saturated heterocycles. The number of ether oxygens (including phenoxy) is 1. The number of halogens is 1. The molecule has 8 heteroatoms. The van der Waals surface area contributed by atoms with Gasteiger partial charge in [0.1, 0.15) is 5.75 Å². The molecule has 140 valence electrons. The second-order valence-electron chi connectivity index (χ2n) is 5.77. The van der Waals surface area contributed by atoms with Crippen molar-refractivity contribution < 1.29 is 13.9 Å². The van der Waals surface area contributed by atoms with Gasteiger partial charge in [0.25, 0.3) is 11.1 Å². The molecule has 1 heterocycles. The van der Waals surface area contributed by atoms with Crippen molar-refractivity contribution in [3.05, 3.63) is 64.5 Å². The lowest BCUT2D eigenvalue weighted by Crippen LogP contribution is -2.15. The zero-order valence-corrected chi connectivity index (χ0v) is 16.4. The van der Waals surface area contributed by atoms with E-state index in [1.807, 2.05) is 44.2 Å². The van der Waals surface area contributed by atoms with E-state index in [4.69, 9.17) is 20.8 Å². The number of amides is 1. The molecule has 1 aromatic heterocycles. The summed E-state index contributed by atoms with van der Waals surface area (Å²) >= 11 is 7.20. The lowest BCUT2D eigenvalue weighted by molar-refractivity contribution is -0.113. The zero-order chi connectivity index (χ0) is 19.2. The number of carbonyl (C=O) groups excluding carboxylic acids is 1. The van der Waals surface area contributed by atoms with Crippen LogP contribution >= 0.6 is 23.4 Å². The van der Waals surface area contributed by atoms with E-state index in [1.54, 1.807) is 12.1 Å². The largest absolute Gasteiger partial charge is 0.482 e. The summed E-state index contributed by atoms with van der Waals surface area (Å²) in [6.45, 7) is 4.08. The predicted octanol–water partition coefficient (Wildman–Crippen LogP) is 4.65. The quantitative estimate of drug-likeness (QED) is 0.578. The molecule has 6 nitrogen and oxygen atoms in total. The average molecular weight is 404 g/mol. The fourth-order valence-corrected chi connectivity index (χ4v) is 3.03. The minimum Gasteiger partial charge on any atom is -0.482 e. The van der Waals surface area contributed by atoms with E-state index >= 15 is 0 Å². The van der Waals surface area contributed by atoms with Gasteiger partial charge >= 0.3 is 0 Å². The number of para-hydroxylation sites is 1. The summed E-state index contributed by atoms with van der Waals surface area (Å²) in [6.07, 6.45) is 0. The highest BCUT2D eigenvalue weighted by Gasteiger charge is 2.12. The first kappa shape index (κ1) is 19.3. The summed E-state index contributed by atoms with van der Waals surface area (Å²) in [6, 6.07) is 12.9. The summed E-state index contributed by atoms with van der Waals surface area (Å²) in [7, 11) is 0. The summed E-state index contributed by atoms with van der Waals surface area (Å²) in [5.41, 5.74) is 2.98. The highest BCUT2D eigenvalue weighted by Crippen LogP contribution is 2.25. The topological polar surface area (TPSA) is 77.2 Å². The van der Waals surface area contributed by atoms with Gasteiger partial charge in [-0.2, -0.15) is 0 Å². The lowest BCUT2D eigenvalue weighted by atomic mass is 10.1. The van der Waals surface area contributed by atoms with Crippen LogP contribution in [0.2, 0.25) is 5.02 Å². The van der Waals surface area contributed by atoms with Gasteiger partial charge in [-0.05, 0) is 43.2 Å². The molecule has 27 heavy (non-hydrogen) atoms. The van der Waals surface area contributed by atoms with Gasteiger partial charge in [0.15, 0.2) is 6.61 Å². The first-order chi connectivity index (χ1) is 13.0. The minimum absolute atomic E-state index is 0.103. The zero-order valence-electron chi connectivity index (χ0n) is 14.9. The van der Waals surface area contributed by atoms with Crippen LogP contribution in [0.15, 0.2) is 52.1 Å². The van der Waals surface area contributed by atoms with Gasteiger partial charge in [-0.25, -0.2) is 0 Å². The Morgan fingerprint density at radius 3 is 2.81 bits per heavy atom. The van der Waals surface area contributed by atoms with E-state index in [-0.39, 0.29) is 18.3 Å². The summed E-state index contributed by atoms with van der Waals surface area (Å²) in [4.78, 5) is 12.1. The Bertz CT molecular complexity index is 945. The van der Waals surface area contributed by atoms with Crippen molar-refractivity contribution in [2.45, 2.75) is 25.7 Å². The average Bonchev–Trinajstić information content (AvgIpc) is 3.11. The molecule has 3 aromatic rings. The fraction of sp³-hybridized carbons (Fsp3) is 0.211. The molecule has 0 bridgehead atoms. The van der Waals surface area contributed by atoms with Crippen LogP contribution in [0.25, 0.3) is 0 Å². The van der Waals surface area contributed by atoms with Crippen molar-refractivity contribution in [3.8, 4) is 5.75 Å². The highest BCUT2D eigenvalue weighted by molar-refractivity contribution is 7.99. The van der Waals surface area contributed by atoms with E-state index in [0.29, 0.717) is 21.9 Å². The maximum atomic E-state index is 12.1. The fourth-order valence-electron chi connectivity index (χ4n) is 2.26. The Morgan fingerprint density at radius 1 is 1.19 bits per heavy atom. The molecule has 2 aromatic carbocycles. The summed E-state index contributed by atoms with van der Waals surface area (Å²) in [5.74, 6) is 0.882. The van der Waals surface area contributed by atoms with Crippen LogP contribution in [0.1, 0.15) is 17.0 Å². The van der Waals surface area contributed by atoms with E-state index in [2.05, 4.69) is 15.5 Å². The SMILES string of the molecule is Cc1cccc(NC(=O)CSc2nnc(COc3ccccc3Cl)o2)c1C. The molecule has 0 atom stereocenters. The number of anilines is 1. The number of nitrogens with zero attached hydrogens (tertiary/aromatic N) is 2. The second-order valence-corrected chi connectivity index (χ2v) is 7.10. The van der Waals surface area contributed by atoms with Gasteiger partial charge in [0, 0.05) is 5.69 Å². The first-order valence-corrected chi connectivity index (χ1v) is 9.58. The monoisotopic (exact) mass is 403 g/mol. The van der Waals surface area contributed by atoms with Gasteiger partial charge < -0.3 is 14.5 Å². The van der Waals surface area contributed by atoms with Crippen LogP contribution in [-0.4, -0.2) is 21.9 Å². The number of hydrogen-bond acceptors (Lipinski definition) is 6. The molecule has 0 saturated carbocycles. The lowest BCUT2D eigenvalue weighted by Gasteiger charge is -2.09. The number of thioether (sulfide) groups is 1. The molecule has 0 aliphatic rings. The maximum Gasteiger partial charge on any atom is 0.277 e. The van der Waals surface area contributed by atoms with E-state index < -0.39 is 0 Å². The van der Waals surface area contributed by atoms with Crippen molar-refractivity contribution in [2.24, 2.45) is 0 Å². The number of benzene rings is 2. The number of carbonyl (C=O) groups is 1. The van der Waals surface area contributed by atoms with Crippen molar-refractivity contribution in [3.63, 3.8) is 0 Å². The molecule has 0 spiro atoms. The molecule has 3 rings (SSSR count). The highest BCUT2D eigenvalue weighted by atomic mass is 35.5. The normalized spacial score (nSPS) is 10.6.